The molecule has 0 aliphatic heterocycles. The van der Waals surface area contributed by atoms with Gasteiger partial charge in [-0.2, -0.15) is 0 Å². The molecule has 0 rings (SSSR count). The fourth-order valence-corrected chi connectivity index (χ4v) is 3.47. The van der Waals surface area contributed by atoms with Gasteiger partial charge in [0.25, 0.3) is 0 Å². The summed E-state index contributed by atoms with van der Waals surface area (Å²) in [6, 6.07) is -0.692. The summed E-state index contributed by atoms with van der Waals surface area (Å²) < 4.78 is 22.4. The van der Waals surface area contributed by atoms with Crippen molar-refractivity contribution < 1.29 is 32.9 Å². The van der Waals surface area contributed by atoms with Crippen LogP contribution >= 0.6 is 8.53 Å². The van der Waals surface area contributed by atoms with Gasteiger partial charge in [0, 0.05) is 32.9 Å². The van der Waals surface area contributed by atoms with Gasteiger partial charge in [-0.15, -0.1) is 6.42 Å². The molecule has 0 aromatic rings. The fraction of sp³-hybridized carbons (Fsp3) is 0.519. The number of terminal acetylenes is 1. The second kappa shape index (κ2) is 24.4. The van der Waals surface area contributed by atoms with E-state index in [0.717, 1.165) is 0 Å². The van der Waals surface area contributed by atoms with Gasteiger partial charge in [-0.3, -0.25) is 14.4 Å². The van der Waals surface area contributed by atoms with Crippen molar-refractivity contribution in [3.8, 4) is 12.3 Å². The van der Waals surface area contributed by atoms with Gasteiger partial charge in [0.1, 0.15) is 12.3 Å². The quantitative estimate of drug-likeness (QED) is 0.0498. The summed E-state index contributed by atoms with van der Waals surface area (Å²) in [6.07, 6.45) is 16.0. The zero-order chi connectivity index (χ0) is 29.3. The van der Waals surface area contributed by atoms with Crippen molar-refractivity contribution in [3.63, 3.8) is 0 Å². The predicted octanol–water partition coefficient (Wildman–Crippen LogP) is 3.98. The third kappa shape index (κ3) is 19.2. The van der Waals surface area contributed by atoms with Crippen LogP contribution in [0, 0.1) is 12.3 Å². The van der Waals surface area contributed by atoms with Crippen LogP contribution in [0.4, 0.5) is 0 Å². The molecule has 0 spiro atoms. The van der Waals surface area contributed by atoms with Crippen LogP contribution in [0.5, 0.6) is 0 Å². The number of methoxy groups -OCH3 is 1. The first kappa shape index (κ1) is 37.2. The highest BCUT2D eigenvalue weighted by Crippen LogP contribution is 2.37. The summed E-state index contributed by atoms with van der Waals surface area (Å²) in [7, 11) is 1.16. The molecule has 3 unspecified atom stereocenters. The van der Waals surface area contributed by atoms with Crippen LogP contribution in [-0.2, 0) is 32.9 Å². The molecule has 2 N–H and O–H groups in total. The molecule has 3 atom stereocenters. The van der Waals surface area contributed by atoms with Crippen molar-refractivity contribution in [1.82, 2.24) is 15.3 Å². The molecule has 0 aromatic carbocycles. The van der Waals surface area contributed by atoms with Gasteiger partial charge in [-0.25, -0.2) is 5.09 Å². The van der Waals surface area contributed by atoms with Gasteiger partial charge in [0.2, 0.25) is 12.3 Å². The minimum atomic E-state index is -1.78. The number of likely N-dealkylation sites (N-methyl/N-ethyl adjacent to an activating group) is 1. The Morgan fingerprint density at radius 3 is 2.37 bits per heavy atom. The van der Waals surface area contributed by atoms with Crippen LogP contribution < -0.4 is 10.4 Å². The van der Waals surface area contributed by atoms with Gasteiger partial charge in [-0.05, 0) is 32.9 Å². The van der Waals surface area contributed by atoms with Gasteiger partial charge in [0.15, 0.2) is 0 Å². The van der Waals surface area contributed by atoms with E-state index in [9.17, 15) is 14.4 Å². The number of hydrogen-bond acceptors (Lipinski definition) is 8. The molecule has 0 heterocycles. The van der Waals surface area contributed by atoms with Crippen molar-refractivity contribution in [2.24, 2.45) is 0 Å². The molecule has 214 valence electrons. The number of ether oxygens (including phenoxy) is 2. The number of nitrogens with one attached hydrogen (secondary N) is 2. The lowest BCUT2D eigenvalue weighted by Crippen LogP contribution is -2.34. The van der Waals surface area contributed by atoms with Crippen molar-refractivity contribution in [1.29, 1.82) is 0 Å². The molecular weight excluding hydrogens is 509 g/mol. The van der Waals surface area contributed by atoms with Crippen LogP contribution in [0.3, 0.4) is 0 Å². The zero-order valence-electron chi connectivity index (χ0n) is 23.6. The van der Waals surface area contributed by atoms with Crippen molar-refractivity contribution in [3.05, 3.63) is 48.9 Å². The third-order valence-corrected chi connectivity index (χ3v) is 5.21. The molecular formula is C27H44N3O7P. The lowest BCUT2D eigenvalue weighted by atomic mass is 10.1. The monoisotopic (exact) mass is 553 g/mol. The number of hydrogen-bond donors (Lipinski definition) is 2. The van der Waals surface area contributed by atoms with Crippen molar-refractivity contribution in [2.45, 2.75) is 65.7 Å². The van der Waals surface area contributed by atoms with E-state index in [-0.39, 0.29) is 31.6 Å². The van der Waals surface area contributed by atoms with Crippen LogP contribution in [0.2, 0.25) is 0 Å². The maximum Gasteiger partial charge on any atom is 0.320 e. The Morgan fingerprint density at radius 1 is 1.24 bits per heavy atom. The van der Waals surface area contributed by atoms with E-state index in [2.05, 4.69) is 36.8 Å². The summed E-state index contributed by atoms with van der Waals surface area (Å²) in [5, 5.41) is 5.33. The van der Waals surface area contributed by atoms with Gasteiger partial charge < -0.3 is 28.7 Å². The summed E-state index contributed by atoms with van der Waals surface area (Å²) in [6.45, 7) is 13.2. The second-order valence-corrected chi connectivity index (χ2v) is 9.06. The highest BCUT2D eigenvalue weighted by molar-refractivity contribution is 7.45. The van der Waals surface area contributed by atoms with Gasteiger partial charge >= 0.3 is 14.5 Å². The van der Waals surface area contributed by atoms with Crippen LogP contribution in [0.1, 0.15) is 47.5 Å². The first-order valence-corrected chi connectivity index (χ1v) is 13.4. The maximum atomic E-state index is 12.0. The Balaban J connectivity index is 0. The lowest BCUT2D eigenvalue weighted by molar-refractivity contribution is -0.145. The molecule has 0 saturated carbocycles. The van der Waals surface area contributed by atoms with Crippen molar-refractivity contribution in [2.75, 3.05) is 27.3 Å². The van der Waals surface area contributed by atoms with E-state index < -0.39 is 26.6 Å². The Kier molecular flexibility index (Phi) is 23.9. The van der Waals surface area contributed by atoms with E-state index in [4.69, 9.17) is 24.9 Å². The summed E-state index contributed by atoms with van der Waals surface area (Å²) >= 11 is 0. The Labute approximate surface area is 229 Å². The molecule has 0 aliphatic carbocycles. The van der Waals surface area contributed by atoms with Gasteiger partial charge in [-0.1, -0.05) is 44.9 Å². The predicted molar refractivity (Wildman–Crippen MR) is 151 cm³/mol. The number of rotatable bonds is 18. The zero-order valence-corrected chi connectivity index (χ0v) is 24.5. The molecule has 0 saturated heterocycles. The largest absolute Gasteiger partial charge is 0.462 e. The molecule has 0 bridgehead atoms. The summed E-state index contributed by atoms with van der Waals surface area (Å²) in [4.78, 5) is 36.1. The molecule has 0 aliphatic rings. The lowest BCUT2D eigenvalue weighted by Gasteiger charge is -2.26. The average Bonchev–Trinajstić information content (AvgIpc) is 2.88. The Hall–Kier alpha value is -2.96. The van der Waals surface area contributed by atoms with E-state index in [1.54, 1.807) is 38.2 Å². The standard InChI is InChI=1S/C24H36N3O7P.C3H8/c1-8-11-21(12-9-2)34-35(26-16-24(30)33-19(4)5)32-17-22(31-7)15-20(10-3)27(18-28)14-13-23(29)25-6;1-3-2/h3,8-9,11-14,18-20,22,26H,1,15-17H2,2,4-7H3,(H,25,29);3H2,1-2H3/b12-9-,14-13-,21-11+;. The molecule has 0 aromatic heterocycles. The minimum Gasteiger partial charge on any atom is -0.462 e. The second-order valence-electron chi connectivity index (χ2n) is 7.79. The van der Waals surface area contributed by atoms with Crippen LogP contribution in [0.25, 0.3) is 0 Å². The summed E-state index contributed by atoms with van der Waals surface area (Å²) in [5.74, 6) is 2.15. The molecule has 11 heteroatoms. The molecule has 0 fully saturated rings. The molecule has 2 amide bonds. The number of esters is 1. The fourth-order valence-electron chi connectivity index (χ4n) is 2.39. The van der Waals surface area contributed by atoms with E-state index in [1.165, 1.54) is 37.8 Å². The van der Waals surface area contributed by atoms with Gasteiger partial charge in [0.05, 0.1) is 24.9 Å². The number of allylic oxidation sites excluding steroid dienone is 4. The highest BCUT2D eigenvalue weighted by Gasteiger charge is 2.23. The third-order valence-electron chi connectivity index (χ3n) is 4.04. The molecule has 0 radical (unpaired) electrons. The molecule has 10 nitrogen and oxygen atoms in total. The van der Waals surface area contributed by atoms with E-state index in [1.807, 2.05) is 6.92 Å². The SMILES string of the molecule is C#CC(CC(COP(NCC(=O)OC(C)C)OC(/C=C\C)=C/C=C)OC)N(C=O)/C=C\C(=O)NC.CCC. The Bertz CT molecular complexity index is 822. The van der Waals surface area contributed by atoms with Crippen LogP contribution in [-0.4, -0.2) is 68.7 Å². The number of amides is 2. The Morgan fingerprint density at radius 2 is 1.89 bits per heavy atom. The summed E-state index contributed by atoms with van der Waals surface area (Å²) in [5.41, 5.74) is 0. The van der Waals surface area contributed by atoms with E-state index >= 15 is 0 Å². The average molecular weight is 554 g/mol. The minimum absolute atomic E-state index is 0.0374. The maximum absolute atomic E-state index is 12.0. The topological polar surface area (TPSA) is 115 Å². The number of carbonyl (C=O) groups excluding carboxylic acids is 3. The number of nitrogens with zero attached hydrogens (tertiary/aromatic N) is 1. The van der Waals surface area contributed by atoms with Crippen LogP contribution in [0.15, 0.2) is 48.9 Å². The normalized spacial score (nSPS) is 13.6. The van der Waals surface area contributed by atoms with Crippen molar-refractivity contribution >= 4 is 26.8 Å². The first-order chi connectivity index (χ1) is 18.1. The highest BCUT2D eigenvalue weighted by atomic mass is 31.2. The smallest absolute Gasteiger partial charge is 0.320 e. The molecule has 38 heavy (non-hydrogen) atoms. The van der Waals surface area contributed by atoms with E-state index in [0.29, 0.717) is 12.2 Å². The first-order valence-electron chi connectivity index (χ1n) is 12.3. The number of carbonyl (C=O) groups is 3.